The van der Waals surface area contributed by atoms with Gasteiger partial charge in [-0.15, -0.1) is 0 Å². The average Bonchev–Trinajstić information content (AvgIpc) is 2.85. The number of aromatic nitrogens is 2. The number of fused-ring (bicyclic) bond motifs is 1. The highest BCUT2D eigenvalue weighted by Crippen LogP contribution is 2.31. The van der Waals surface area contributed by atoms with Gasteiger partial charge in [-0.1, -0.05) is 23.7 Å². The highest BCUT2D eigenvalue weighted by molar-refractivity contribution is 9.10. The number of rotatable bonds is 2. The Labute approximate surface area is 127 Å². The molecule has 2 aromatic carbocycles. The number of hydrogen-bond donors (Lipinski definition) is 1. The number of halogens is 2. The number of imidazole rings is 1. The van der Waals surface area contributed by atoms with Crippen molar-refractivity contribution in [1.82, 2.24) is 9.55 Å². The largest absolute Gasteiger partial charge is 0.478 e. The molecule has 0 atom stereocenters. The summed E-state index contributed by atoms with van der Waals surface area (Å²) in [7, 11) is 0. The monoisotopic (exact) mass is 350 g/mol. The van der Waals surface area contributed by atoms with Crippen molar-refractivity contribution in [1.29, 1.82) is 0 Å². The van der Waals surface area contributed by atoms with E-state index in [4.69, 9.17) is 11.6 Å². The van der Waals surface area contributed by atoms with E-state index in [0.717, 1.165) is 10.2 Å². The third-order valence-electron chi connectivity index (χ3n) is 3.00. The number of benzene rings is 2. The van der Waals surface area contributed by atoms with Crippen LogP contribution in [0.2, 0.25) is 5.02 Å². The fourth-order valence-electron chi connectivity index (χ4n) is 2.08. The van der Waals surface area contributed by atoms with Crippen LogP contribution in [0.3, 0.4) is 0 Å². The van der Waals surface area contributed by atoms with Crippen LogP contribution in [0.5, 0.6) is 0 Å². The van der Waals surface area contributed by atoms with E-state index in [1.807, 2.05) is 18.2 Å². The number of carboxylic acid groups (broad SMARTS) is 1. The summed E-state index contributed by atoms with van der Waals surface area (Å²) in [4.78, 5) is 15.4. The summed E-state index contributed by atoms with van der Waals surface area (Å²) in [6.07, 6.45) is 1.59. The highest BCUT2D eigenvalue weighted by atomic mass is 79.9. The molecule has 3 aromatic rings. The van der Waals surface area contributed by atoms with Crippen molar-refractivity contribution < 1.29 is 9.90 Å². The van der Waals surface area contributed by atoms with E-state index in [-0.39, 0.29) is 5.56 Å². The first-order chi connectivity index (χ1) is 9.59. The maximum absolute atomic E-state index is 11.2. The second-order valence-electron chi connectivity index (χ2n) is 4.17. The van der Waals surface area contributed by atoms with Crippen LogP contribution in [0.1, 0.15) is 10.4 Å². The van der Waals surface area contributed by atoms with Crippen molar-refractivity contribution in [2.45, 2.75) is 0 Å². The van der Waals surface area contributed by atoms with Gasteiger partial charge in [0, 0.05) is 0 Å². The molecule has 0 unspecified atom stereocenters. The maximum atomic E-state index is 11.2. The summed E-state index contributed by atoms with van der Waals surface area (Å²) in [6.45, 7) is 0. The van der Waals surface area contributed by atoms with Crippen molar-refractivity contribution >= 4 is 44.5 Å². The molecule has 0 spiro atoms. The summed E-state index contributed by atoms with van der Waals surface area (Å²) in [5, 5.41) is 9.76. The molecule has 0 saturated carbocycles. The summed E-state index contributed by atoms with van der Waals surface area (Å²) in [5.74, 6) is -0.994. The predicted octanol–water partition coefficient (Wildman–Crippen LogP) is 4.14. The fourth-order valence-corrected chi connectivity index (χ4v) is 2.71. The zero-order chi connectivity index (χ0) is 14.3. The Morgan fingerprint density at radius 1 is 1.25 bits per heavy atom. The fraction of sp³-hybridized carbons (Fsp3) is 0. The molecule has 0 fully saturated rings. The zero-order valence-corrected chi connectivity index (χ0v) is 12.4. The molecule has 0 amide bonds. The summed E-state index contributed by atoms with van der Waals surface area (Å²) < 4.78 is 2.54. The average molecular weight is 352 g/mol. The van der Waals surface area contributed by atoms with Crippen molar-refractivity contribution in [3.8, 4) is 5.69 Å². The van der Waals surface area contributed by atoms with Gasteiger partial charge in [0.2, 0.25) is 0 Å². The zero-order valence-electron chi connectivity index (χ0n) is 10.0. The number of carbonyl (C=O) groups is 1. The van der Waals surface area contributed by atoms with Crippen molar-refractivity contribution in [3.05, 3.63) is 57.8 Å². The van der Waals surface area contributed by atoms with Crippen LogP contribution in [0, 0.1) is 0 Å². The molecule has 3 rings (SSSR count). The van der Waals surface area contributed by atoms with E-state index in [1.54, 1.807) is 23.0 Å². The molecule has 0 bridgehead atoms. The quantitative estimate of drug-likeness (QED) is 0.755. The van der Waals surface area contributed by atoms with Crippen LogP contribution in [0.25, 0.3) is 16.7 Å². The number of aromatic carboxylic acids is 1. The first kappa shape index (κ1) is 13.1. The van der Waals surface area contributed by atoms with Gasteiger partial charge in [-0.05, 0) is 40.2 Å². The maximum Gasteiger partial charge on any atom is 0.337 e. The van der Waals surface area contributed by atoms with Gasteiger partial charge in [-0.2, -0.15) is 0 Å². The number of para-hydroxylation sites is 1. The molecule has 0 aliphatic carbocycles. The Bertz CT molecular complexity index is 829. The van der Waals surface area contributed by atoms with Crippen molar-refractivity contribution in [3.63, 3.8) is 0 Å². The Hall–Kier alpha value is -1.85. The molecular weight excluding hydrogens is 344 g/mol. The van der Waals surface area contributed by atoms with Crippen molar-refractivity contribution in [2.75, 3.05) is 0 Å². The topological polar surface area (TPSA) is 55.1 Å². The lowest BCUT2D eigenvalue weighted by molar-refractivity contribution is 0.0699. The predicted molar refractivity (Wildman–Crippen MR) is 80.7 cm³/mol. The van der Waals surface area contributed by atoms with Crippen LogP contribution in [0.15, 0.2) is 47.2 Å². The Morgan fingerprint density at radius 2 is 2.00 bits per heavy atom. The molecule has 4 nitrogen and oxygen atoms in total. The molecule has 1 aromatic heterocycles. The molecule has 20 heavy (non-hydrogen) atoms. The SMILES string of the molecule is O=C(O)c1cccc2c1ncn2-c1cccc(Cl)c1Br. The molecule has 0 aliphatic rings. The van der Waals surface area contributed by atoms with E-state index >= 15 is 0 Å². The van der Waals surface area contributed by atoms with Crippen LogP contribution in [-0.4, -0.2) is 20.6 Å². The van der Waals surface area contributed by atoms with Gasteiger partial charge in [0.25, 0.3) is 0 Å². The van der Waals surface area contributed by atoms with E-state index in [1.165, 1.54) is 6.07 Å². The number of hydrogen-bond acceptors (Lipinski definition) is 2. The lowest BCUT2D eigenvalue weighted by atomic mass is 10.2. The molecule has 100 valence electrons. The molecule has 6 heteroatoms. The molecule has 0 saturated heterocycles. The molecule has 0 aliphatic heterocycles. The van der Waals surface area contributed by atoms with Crippen LogP contribution in [0.4, 0.5) is 0 Å². The van der Waals surface area contributed by atoms with E-state index in [2.05, 4.69) is 20.9 Å². The van der Waals surface area contributed by atoms with Gasteiger partial charge in [0.1, 0.15) is 11.8 Å². The smallest absolute Gasteiger partial charge is 0.337 e. The standard InChI is InChI=1S/C14H8BrClN2O2/c15-12-9(16)4-2-5-10(12)18-7-17-13-8(14(19)20)3-1-6-11(13)18/h1-7H,(H,19,20). The minimum atomic E-state index is -0.994. The third-order valence-corrected chi connectivity index (χ3v) is 4.37. The van der Waals surface area contributed by atoms with Crippen LogP contribution < -0.4 is 0 Å². The van der Waals surface area contributed by atoms with E-state index in [9.17, 15) is 9.90 Å². The lowest BCUT2D eigenvalue weighted by Gasteiger charge is -2.08. The minimum Gasteiger partial charge on any atom is -0.478 e. The molecule has 0 radical (unpaired) electrons. The van der Waals surface area contributed by atoms with Crippen LogP contribution >= 0.6 is 27.5 Å². The summed E-state index contributed by atoms with van der Waals surface area (Å²) in [5.41, 5.74) is 2.15. The normalized spacial score (nSPS) is 10.9. The molecular formula is C14H8BrClN2O2. The molecule has 1 N–H and O–H groups in total. The Morgan fingerprint density at radius 3 is 2.75 bits per heavy atom. The van der Waals surface area contributed by atoms with E-state index < -0.39 is 5.97 Å². The van der Waals surface area contributed by atoms with Crippen molar-refractivity contribution in [2.24, 2.45) is 0 Å². The highest BCUT2D eigenvalue weighted by Gasteiger charge is 2.14. The number of carboxylic acids is 1. The minimum absolute atomic E-state index is 0.180. The second kappa shape index (κ2) is 4.92. The number of nitrogens with zero attached hydrogens (tertiary/aromatic N) is 2. The first-order valence-corrected chi connectivity index (χ1v) is 6.90. The lowest BCUT2D eigenvalue weighted by Crippen LogP contribution is -1.98. The van der Waals surface area contributed by atoms with Gasteiger partial charge < -0.3 is 5.11 Å². The van der Waals surface area contributed by atoms with E-state index in [0.29, 0.717) is 16.1 Å². The Kier molecular flexibility index (Phi) is 3.23. The van der Waals surface area contributed by atoms with Gasteiger partial charge in [-0.3, -0.25) is 4.57 Å². The van der Waals surface area contributed by atoms with Crippen LogP contribution in [-0.2, 0) is 0 Å². The van der Waals surface area contributed by atoms with Gasteiger partial charge in [-0.25, -0.2) is 9.78 Å². The van der Waals surface area contributed by atoms with Gasteiger partial charge in [0.15, 0.2) is 0 Å². The van der Waals surface area contributed by atoms with Gasteiger partial charge in [0.05, 0.1) is 26.3 Å². The second-order valence-corrected chi connectivity index (χ2v) is 5.37. The first-order valence-electron chi connectivity index (χ1n) is 5.73. The van der Waals surface area contributed by atoms with Gasteiger partial charge >= 0.3 is 5.97 Å². The Balaban J connectivity index is 2.31. The third kappa shape index (κ3) is 1.99. The summed E-state index contributed by atoms with van der Waals surface area (Å²) >= 11 is 9.53. The molecule has 1 heterocycles. The summed E-state index contributed by atoms with van der Waals surface area (Å²) in [6, 6.07) is 10.5.